The van der Waals surface area contributed by atoms with E-state index in [4.69, 9.17) is 9.88 Å². The maximum absolute atomic E-state index is 11.8. The Hall–Kier alpha value is -1.17. The Morgan fingerprint density at radius 1 is 1.40 bits per heavy atom. The smallest absolute Gasteiger partial charge is 0.243 e. The molecule has 0 aliphatic rings. The van der Waals surface area contributed by atoms with Gasteiger partial charge in [0, 0.05) is 13.2 Å². The molecule has 1 aromatic heterocycles. The lowest BCUT2D eigenvalue weighted by molar-refractivity contribution is 0.0913. The van der Waals surface area contributed by atoms with Gasteiger partial charge in [0.15, 0.2) is 5.82 Å². The van der Waals surface area contributed by atoms with Gasteiger partial charge in [-0.1, -0.05) is 0 Å². The van der Waals surface area contributed by atoms with Crippen LogP contribution in [0, 0.1) is 0 Å². The average molecular weight is 326 g/mol. The van der Waals surface area contributed by atoms with Crippen molar-refractivity contribution < 1.29 is 21.6 Å². The summed E-state index contributed by atoms with van der Waals surface area (Å²) in [6.45, 7) is 3.54. The van der Waals surface area contributed by atoms with Crippen LogP contribution in [0.4, 0.5) is 5.82 Å². The highest BCUT2D eigenvalue weighted by Gasteiger charge is 2.22. The first kappa shape index (κ1) is 16.9. The number of hydrogen-bond donors (Lipinski definition) is 2. The lowest BCUT2D eigenvalue weighted by Gasteiger charge is -2.09. The maximum atomic E-state index is 11.8. The van der Waals surface area contributed by atoms with Crippen LogP contribution in [0.25, 0.3) is 0 Å². The summed E-state index contributed by atoms with van der Waals surface area (Å²) in [5.41, 5.74) is 0. The molecule has 0 fully saturated rings. The van der Waals surface area contributed by atoms with E-state index >= 15 is 0 Å². The van der Waals surface area contributed by atoms with E-state index in [0.29, 0.717) is 0 Å². The van der Waals surface area contributed by atoms with Gasteiger partial charge in [-0.25, -0.2) is 22.0 Å². The van der Waals surface area contributed by atoms with E-state index in [1.165, 1.54) is 7.05 Å². The Morgan fingerprint density at radius 2 is 2.00 bits per heavy atom. The molecule has 0 bridgehead atoms. The van der Waals surface area contributed by atoms with Crippen molar-refractivity contribution in [3.63, 3.8) is 0 Å². The molecule has 1 aromatic rings. The Balaban J connectivity index is 2.88. The van der Waals surface area contributed by atoms with Gasteiger partial charge >= 0.3 is 0 Å². The van der Waals surface area contributed by atoms with Crippen molar-refractivity contribution in [2.75, 3.05) is 17.1 Å². The normalized spacial score (nSPS) is 12.8. The molecule has 20 heavy (non-hydrogen) atoms. The van der Waals surface area contributed by atoms with E-state index in [1.54, 1.807) is 13.8 Å². The molecule has 116 valence electrons. The van der Waals surface area contributed by atoms with Gasteiger partial charge in [-0.15, -0.1) is 0 Å². The first-order chi connectivity index (χ1) is 9.01. The number of nitrogens with two attached hydrogens (primary N) is 1. The maximum Gasteiger partial charge on any atom is 0.243 e. The predicted molar refractivity (Wildman–Crippen MR) is 73.1 cm³/mol. The largest absolute Gasteiger partial charge is 0.378 e. The van der Waals surface area contributed by atoms with Crippen LogP contribution in [0.3, 0.4) is 0 Å². The zero-order valence-corrected chi connectivity index (χ0v) is 13.0. The third-order valence-corrected chi connectivity index (χ3v) is 4.28. The summed E-state index contributed by atoms with van der Waals surface area (Å²) in [6.07, 6.45) is 1.03. The second-order valence-corrected chi connectivity index (χ2v) is 7.77. The minimum absolute atomic E-state index is 0.00938. The van der Waals surface area contributed by atoms with Crippen molar-refractivity contribution in [2.45, 2.75) is 24.8 Å². The van der Waals surface area contributed by atoms with Crippen LogP contribution in [0.5, 0.6) is 0 Å². The van der Waals surface area contributed by atoms with E-state index in [9.17, 15) is 16.8 Å². The Kier molecular flexibility index (Phi) is 5.13. The molecule has 9 nitrogen and oxygen atoms in total. The number of primary sulfonamides is 1. The second kappa shape index (κ2) is 6.08. The van der Waals surface area contributed by atoms with Crippen molar-refractivity contribution >= 4 is 25.9 Å². The van der Waals surface area contributed by atoms with Crippen LogP contribution >= 0.6 is 0 Å². The first-order valence-corrected chi connectivity index (χ1v) is 8.89. The van der Waals surface area contributed by atoms with Crippen LogP contribution < -0.4 is 9.86 Å². The predicted octanol–water partition coefficient (Wildman–Crippen LogP) is -0.766. The van der Waals surface area contributed by atoms with Crippen molar-refractivity contribution in [3.8, 4) is 0 Å². The van der Waals surface area contributed by atoms with Gasteiger partial charge in [0.1, 0.15) is 4.90 Å². The third-order valence-electron chi connectivity index (χ3n) is 2.16. The SMILES string of the molecule is CC(C)OCCS(=O)(=O)Nc1nn(C)cc1S(N)(=O)=O. The molecule has 1 heterocycles. The third kappa shape index (κ3) is 5.07. The molecule has 0 saturated carbocycles. The molecule has 0 saturated heterocycles. The highest BCUT2D eigenvalue weighted by molar-refractivity contribution is 7.93. The molecule has 11 heteroatoms. The average Bonchev–Trinajstić information content (AvgIpc) is 2.56. The van der Waals surface area contributed by atoms with Gasteiger partial charge in [-0.05, 0) is 13.8 Å². The number of aryl methyl sites for hydroxylation is 1. The fourth-order valence-corrected chi connectivity index (χ4v) is 2.93. The lowest BCUT2D eigenvalue weighted by atomic mass is 10.5. The van der Waals surface area contributed by atoms with E-state index in [-0.39, 0.29) is 29.2 Å². The molecular weight excluding hydrogens is 308 g/mol. The topological polar surface area (TPSA) is 133 Å². The number of hydrogen-bond acceptors (Lipinski definition) is 6. The molecule has 0 spiro atoms. The highest BCUT2D eigenvalue weighted by atomic mass is 32.2. The minimum atomic E-state index is -4.06. The fraction of sp³-hybridized carbons (Fsp3) is 0.667. The van der Waals surface area contributed by atoms with Crippen molar-refractivity contribution in [1.82, 2.24) is 9.78 Å². The lowest BCUT2D eigenvalue weighted by Crippen LogP contribution is -2.23. The number of sulfonamides is 2. The zero-order valence-electron chi connectivity index (χ0n) is 11.4. The highest BCUT2D eigenvalue weighted by Crippen LogP contribution is 2.18. The van der Waals surface area contributed by atoms with Crippen molar-refractivity contribution in [3.05, 3.63) is 6.20 Å². The monoisotopic (exact) mass is 326 g/mol. The van der Waals surface area contributed by atoms with Gasteiger partial charge < -0.3 is 4.74 Å². The molecule has 0 aliphatic carbocycles. The molecule has 0 radical (unpaired) electrons. The van der Waals surface area contributed by atoms with E-state index in [2.05, 4.69) is 9.82 Å². The Bertz CT molecular complexity index is 663. The second-order valence-electron chi connectivity index (χ2n) is 4.40. The summed E-state index contributed by atoms with van der Waals surface area (Å²) in [5, 5.41) is 8.72. The molecule has 0 atom stereocenters. The van der Waals surface area contributed by atoms with Crippen LogP contribution in [0.15, 0.2) is 11.1 Å². The van der Waals surface area contributed by atoms with Crippen LogP contribution in [0.1, 0.15) is 13.8 Å². The van der Waals surface area contributed by atoms with Crippen LogP contribution in [0.2, 0.25) is 0 Å². The molecule has 0 unspecified atom stereocenters. The number of nitrogens with zero attached hydrogens (tertiary/aromatic N) is 2. The van der Waals surface area contributed by atoms with Crippen molar-refractivity contribution in [2.24, 2.45) is 12.2 Å². The molecule has 0 aliphatic heterocycles. The Labute approximate surface area is 118 Å². The summed E-state index contributed by atoms with van der Waals surface area (Å²) in [4.78, 5) is -0.381. The fourth-order valence-electron chi connectivity index (χ4n) is 1.34. The van der Waals surface area contributed by atoms with Gasteiger partial charge in [-0.2, -0.15) is 5.10 Å². The summed E-state index contributed by atoms with van der Waals surface area (Å²) in [7, 11) is -6.38. The number of rotatable bonds is 7. The number of aromatic nitrogens is 2. The van der Waals surface area contributed by atoms with E-state index in [1.807, 2.05) is 0 Å². The van der Waals surface area contributed by atoms with Gasteiger partial charge in [-0.3, -0.25) is 9.40 Å². The van der Waals surface area contributed by atoms with Crippen LogP contribution in [-0.2, 0) is 31.8 Å². The van der Waals surface area contributed by atoms with Crippen molar-refractivity contribution in [1.29, 1.82) is 0 Å². The molecule has 3 N–H and O–H groups in total. The van der Waals surface area contributed by atoms with E-state index in [0.717, 1.165) is 10.9 Å². The quantitative estimate of drug-likeness (QED) is 0.676. The minimum Gasteiger partial charge on any atom is -0.378 e. The molecular formula is C9H18N4O5S2. The first-order valence-electron chi connectivity index (χ1n) is 5.70. The van der Waals surface area contributed by atoms with Gasteiger partial charge in [0.25, 0.3) is 0 Å². The number of ether oxygens (including phenoxy) is 1. The Morgan fingerprint density at radius 3 is 2.50 bits per heavy atom. The summed E-state index contributed by atoms with van der Waals surface area (Å²) < 4.78 is 54.6. The summed E-state index contributed by atoms with van der Waals surface area (Å²) in [5.74, 6) is -0.634. The standard InChI is InChI=1S/C9H18N4O5S2/c1-7(2)18-4-5-19(14,15)12-9-8(20(10,16)17)6-13(3)11-9/h6-7H,4-5H2,1-3H3,(H,11,12)(H2,10,16,17). The number of anilines is 1. The van der Waals surface area contributed by atoms with E-state index < -0.39 is 20.0 Å². The van der Waals surface area contributed by atoms with Crippen LogP contribution in [-0.4, -0.2) is 45.1 Å². The zero-order chi connectivity index (χ0) is 15.6. The molecule has 0 amide bonds. The molecule has 1 rings (SSSR count). The number of nitrogens with one attached hydrogen (secondary N) is 1. The summed E-state index contributed by atoms with van der Waals surface area (Å²) in [6, 6.07) is 0. The van der Waals surface area contributed by atoms with Gasteiger partial charge in [0.05, 0.1) is 18.5 Å². The molecule has 0 aromatic carbocycles. The van der Waals surface area contributed by atoms with Gasteiger partial charge in [0.2, 0.25) is 20.0 Å². The summed E-state index contributed by atoms with van der Waals surface area (Å²) >= 11 is 0.